The molecule has 0 aliphatic heterocycles. The third-order valence-electron chi connectivity index (χ3n) is 8.48. The van der Waals surface area contributed by atoms with Gasteiger partial charge in [0.2, 0.25) is 0 Å². The second-order valence-corrected chi connectivity index (χ2v) is 17.5. The fourth-order valence-corrected chi connectivity index (χ4v) is 9.94. The van der Waals surface area contributed by atoms with Crippen LogP contribution in [-0.2, 0) is 35.8 Å². The summed E-state index contributed by atoms with van der Waals surface area (Å²) in [6.45, 7) is 14.2. The summed E-state index contributed by atoms with van der Waals surface area (Å²) in [5.41, 5.74) is 5.91. The van der Waals surface area contributed by atoms with E-state index in [-0.39, 0.29) is 28.0 Å². The summed E-state index contributed by atoms with van der Waals surface area (Å²) < 4.78 is 37.6. The van der Waals surface area contributed by atoms with Gasteiger partial charge in [-0.25, -0.2) is 8.42 Å². The fourth-order valence-electron chi connectivity index (χ4n) is 6.09. The first-order valence-corrected chi connectivity index (χ1v) is 19.8. The third kappa shape index (κ3) is 6.99. The zero-order valence-corrected chi connectivity index (χ0v) is 31.8. The van der Waals surface area contributed by atoms with Gasteiger partial charge >= 0.3 is 0 Å². The van der Waals surface area contributed by atoms with E-state index in [1.807, 2.05) is 66.9 Å². The zero-order chi connectivity index (χ0) is 35.2. The van der Waals surface area contributed by atoms with Crippen LogP contribution in [0, 0.1) is 26.7 Å². The minimum absolute atomic E-state index is 0.0855. The van der Waals surface area contributed by atoms with Crippen molar-refractivity contribution in [2.75, 3.05) is 4.72 Å². The van der Waals surface area contributed by atoms with Crippen LogP contribution in [0.4, 0.5) is 5.82 Å². The summed E-state index contributed by atoms with van der Waals surface area (Å²) >= 11 is 9.72. The number of pyridine rings is 2. The molecule has 0 unspecified atom stereocenters. The second-order valence-electron chi connectivity index (χ2n) is 12.7. The quantitative estimate of drug-likeness (QED) is 0.142. The molecule has 5 heterocycles. The summed E-state index contributed by atoms with van der Waals surface area (Å²) in [6.07, 6.45) is 2.11. The van der Waals surface area contributed by atoms with Crippen LogP contribution in [0.15, 0.2) is 62.1 Å². The number of anilines is 1. The van der Waals surface area contributed by atoms with E-state index in [1.54, 1.807) is 18.3 Å². The number of aryl methyl sites for hydroxylation is 5. The standard InChI is InChI=1S/C37H39ClN4O4S3/c1-8-25-17-33-29(32(9-2)39-25)18-30(34-13-10-21(5)47-34)36(43)42(33)19-24-11-12-26(31(38)16-24)28-15-22(6)48-37(28)49(44,45)41-35-27(14-20(3)4)23(7)46-40-35/h10-13,15-18,20H,8-9,14,19H2,1-7H3,(H,40,41). The maximum atomic E-state index is 14.2. The van der Waals surface area contributed by atoms with Gasteiger partial charge in [-0.15, -0.1) is 22.7 Å². The lowest BCUT2D eigenvalue weighted by Crippen LogP contribution is -2.23. The molecule has 1 N–H and O–H groups in total. The van der Waals surface area contributed by atoms with Crippen molar-refractivity contribution in [1.82, 2.24) is 14.7 Å². The van der Waals surface area contributed by atoms with Crippen LogP contribution in [0.5, 0.6) is 0 Å². The number of hydrogen-bond donors (Lipinski definition) is 1. The average Bonchev–Trinajstić information content (AvgIpc) is 3.76. The molecule has 0 bridgehead atoms. The number of halogens is 1. The largest absolute Gasteiger partial charge is 0.359 e. The predicted molar refractivity (Wildman–Crippen MR) is 202 cm³/mol. The Morgan fingerprint density at radius 3 is 2.37 bits per heavy atom. The average molecular weight is 735 g/mol. The smallest absolute Gasteiger partial charge is 0.273 e. The van der Waals surface area contributed by atoms with Crippen molar-refractivity contribution in [2.24, 2.45) is 5.92 Å². The first kappa shape index (κ1) is 35.1. The Hall–Kier alpha value is -3.77. The van der Waals surface area contributed by atoms with Gasteiger partial charge in [-0.05, 0) is 87.9 Å². The van der Waals surface area contributed by atoms with E-state index in [1.165, 1.54) is 11.3 Å². The Labute approximate surface area is 299 Å². The normalized spacial score (nSPS) is 12.0. The molecule has 6 rings (SSSR count). The van der Waals surface area contributed by atoms with E-state index >= 15 is 0 Å². The van der Waals surface area contributed by atoms with E-state index in [4.69, 9.17) is 21.1 Å². The number of aromatic nitrogens is 3. The molecule has 0 saturated heterocycles. The summed E-state index contributed by atoms with van der Waals surface area (Å²) in [5.74, 6) is 1.08. The van der Waals surface area contributed by atoms with Crippen molar-refractivity contribution < 1.29 is 12.9 Å². The third-order valence-corrected chi connectivity index (χ3v) is 12.8. The van der Waals surface area contributed by atoms with Gasteiger partial charge in [0.1, 0.15) is 9.97 Å². The van der Waals surface area contributed by atoms with Crippen molar-refractivity contribution in [3.63, 3.8) is 0 Å². The van der Waals surface area contributed by atoms with Crippen LogP contribution in [0.25, 0.3) is 32.5 Å². The number of sulfonamides is 1. The second kappa shape index (κ2) is 13.9. The van der Waals surface area contributed by atoms with Gasteiger partial charge in [0.05, 0.1) is 17.6 Å². The molecular weight excluding hydrogens is 696 g/mol. The van der Waals surface area contributed by atoms with Crippen molar-refractivity contribution in [1.29, 1.82) is 0 Å². The van der Waals surface area contributed by atoms with Crippen molar-refractivity contribution in [3.05, 3.63) is 102 Å². The molecule has 0 spiro atoms. The molecule has 0 aliphatic rings. The highest BCUT2D eigenvalue weighted by Crippen LogP contribution is 2.40. The minimum atomic E-state index is -4.03. The maximum Gasteiger partial charge on any atom is 0.273 e. The van der Waals surface area contributed by atoms with Gasteiger partial charge in [0, 0.05) is 53.1 Å². The Morgan fingerprint density at radius 2 is 1.71 bits per heavy atom. The molecule has 256 valence electrons. The van der Waals surface area contributed by atoms with Crippen LogP contribution in [0.3, 0.4) is 0 Å². The van der Waals surface area contributed by atoms with Crippen LogP contribution in [-0.4, -0.2) is 23.1 Å². The lowest BCUT2D eigenvalue weighted by molar-refractivity contribution is 0.398. The van der Waals surface area contributed by atoms with Gasteiger partial charge in [-0.3, -0.25) is 14.5 Å². The van der Waals surface area contributed by atoms with E-state index in [9.17, 15) is 13.2 Å². The van der Waals surface area contributed by atoms with Crippen LogP contribution in [0.2, 0.25) is 5.02 Å². The number of benzene rings is 1. The Morgan fingerprint density at radius 1 is 0.939 bits per heavy atom. The zero-order valence-electron chi connectivity index (χ0n) is 28.6. The van der Waals surface area contributed by atoms with Crippen molar-refractivity contribution in [2.45, 2.75) is 78.5 Å². The highest BCUT2D eigenvalue weighted by atomic mass is 35.5. The number of rotatable bonds is 11. The predicted octanol–water partition coefficient (Wildman–Crippen LogP) is 9.59. The summed E-state index contributed by atoms with van der Waals surface area (Å²) in [5, 5.41) is 5.36. The molecule has 0 amide bonds. The molecule has 1 aromatic carbocycles. The van der Waals surface area contributed by atoms with Gasteiger partial charge in [-0.1, -0.05) is 56.6 Å². The molecule has 5 aromatic heterocycles. The molecule has 0 fully saturated rings. The van der Waals surface area contributed by atoms with Gasteiger partial charge in [0.25, 0.3) is 15.6 Å². The molecule has 8 nitrogen and oxygen atoms in total. The topological polar surface area (TPSA) is 107 Å². The SMILES string of the molecule is CCc1cc2c(cc(-c3ccc(C)s3)c(=O)n2Cc2ccc(-c3cc(C)sc3S(=O)(=O)Nc3noc(C)c3CC(C)C)c(Cl)c2)c(CC)n1. The van der Waals surface area contributed by atoms with Gasteiger partial charge in [-0.2, -0.15) is 0 Å². The number of nitrogens with zero attached hydrogens (tertiary/aromatic N) is 3. The molecule has 0 aliphatic carbocycles. The van der Waals surface area contributed by atoms with E-state index in [0.717, 1.165) is 60.9 Å². The van der Waals surface area contributed by atoms with E-state index < -0.39 is 10.0 Å². The number of thiophene rings is 2. The molecule has 0 radical (unpaired) electrons. The minimum Gasteiger partial charge on any atom is -0.359 e. The molecule has 0 saturated carbocycles. The maximum absolute atomic E-state index is 14.2. The molecule has 6 aromatic rings. The number of fused-ring (bicyclic) bond motifs is 1. The molecule has 49 heavy (non-hydrogen) atoms. The van der Waals surface area contributed by atoms with Crippen LogP contribution >= 0.6 is 34.3 Å². The lowest BCUT2D eigenvalue weighted by atomic mass is 10.0. The molecule has 12 heteroatoms. The van der Waals surface area contributed by atoms with Crippen LogP contribution < -0.4 is 10.3 Å². The Balaban J connectivity index is 1.41. The monoisotopic (exact) mass is 734 g/mol. The number of hydrogen-bond acceptors (Lipinski definition) is 8. The first-order valence-electron chi connectivity index (χ1n) is 16.3. The summed E-state index contributed by atoms with van der Waals surface area (Å²) in [4.78, 5) is 22.0. The highest BCUT2D eigenvalue weighted by molar-refractivity contribution is 7.94. The molecular formula is C37H39ClN4O4S3. The lowest BCUT2D eigenvalue weighted by Gasteiger charge is -2.16. The van der Waals surface area contributed by atoms with Gasteiger partial charge < -0.3 is 9.09 Å². The van der Waals surface area contributed by atoms with Crippen LogP contribution in [0.1, 0.15) is 65.7 Å². The molecule has 0 atom stereocenters. The van der Waals surface area contributed by atoms with E-state index in [2.05, 4.69) is 37.6 Å². The highest BCUT2D eigenvalue weighted by Gasteiger charge is 2.27. The van der Waals surface area contributed by atoms with E-state index in [0.29, 0.717) is 33.9 Å². The van der Waals surface area contributed by atoms with Crippen molar-refractivity contribution in [3.8, 4) is 21.6 Å². The Bertz CT molecular complexity index is 2370. The van der Waals surface area contributed by atoms with Crippen molar-refractivity contribution >= 4 is 61.0 Å². The number of nitrogens with one attached hydrogen (secondary N) is 1. The fraction of sp³-hybridized carbons (Fsp3) is 0.324. The summed E-state index contributed by atoms with van der Waals surface area (Å²) in [6, 6.07) is 15.4. The van der Waals surface area contributed by atoms with Gasteiger partial charge in [0.15, 0.2) is 5.82 Å². The first-order chi connectivity index (χ1) is 23.3. The summed E-state index contributed by atoms with van der Waals surface area (Å²) in [7, 11) is -4.03. The Kier molecular flexibility index (Phi) is 9.92.